The maximum atomic E-state index is 14.2. The number of carbonyl (C=O) groups is 4. The number of thiophene rings is 1. The summed E-state index contributed by atoms with van der Waals surface area (Å²) in [6.45, 7) is 2.65. The second-order valence-electron chi connectivity index (χ2n) is 6.53. The molecule has 2 heterocycles. The van der Waals surface area contributed by atoms with Gasteiger partial charge < -0.3 is 10.6 Å². The summed E-state index contributed by atoms with van der Waals surface area (Å²) in [5.74, 6) is -1.91. The molecular weight excluding hydrogens is 385 g/mol. The van der Waals surface area contributed by atoms with E-state index in [1.54, 1.807) is 18.2 Å². The van der Waals surface area contributed by atoms with Crippen molar-refractivity contribution in [1.29, 1.82) is 0 Å². The SMILES string of the molecule is CC(=O)NCc1ccc(C(=O)CN2C(=O)NC(C)(c3ccccc3F)C2=O)s1. The maximum Gasteiger partial charge on any atom is 0.325 e. The summed E-state index contributed by atoms with van der Waals surface area (Å²) in [6, 6.07) is 8.21. The molecule has 1 aliphatic rings. The van der Waals surface area contributed by atoms with Crippen LogP contribution in [0.4, 0.5) is 9.18 Å². The average molecular weight is 403 g/mol. The number of benzene rings is 1. The Morgan fingerprint density at radius 1 is 1.21 bits per heavy atom. The molecule has 9 heteroatoms. The highest BCUT2D eigenvalue weighted by atomic mass is 32.1. The molecule has 4 amide bonds. The van der Waals surface area contributed by atoms with Crippen LogP contribution in [0.2, 0.25) is 0 Å². The van der Waals surface area contributed by atoms with Gasteiger partial charge in [-0.05, 0) is 25.1 Å². The molecule has 28 heavy (non-hydrogen) atoms. The first-order valence-electron chi connectivity index (χ1n) is 8.48. The summed E-state index contributed by atoms with van der Waals surface area (Å²) >= 11 is 1.17. The Balaban J connectivity index is 1.75. The van der Waals surface area contributed by atoms with E-state index >= 15 is 0 Å². The van der Waals surface area contributed by atoms with Gasteiger partial charge in [0.25, 0.3) is 5.91 Å². The fraction of sp³-hybridized carbons (Fsp3) is 0.263. The lowest BCUT2D eigenvalue weighted by atomic mass is 9.91. The lowest BCUT2D eigenvalue weighted by molar-refractivity contribution is -0.130. The van der Waals surface area contributed by atoms with E-state index < -0.39 is 35.6 Å². The molecule has 3 rings (SSSR count). The Morgan fingerprint density at radius 3 is 2.61 bits per heavy atom. The van der Waals surface area contributed by atoms with Crippen molar-refractivity contribution in [3.05, 3.63) is 57.5 Å². The van der Waals surface area contributed by atoms with Crippen molar-refractivity contribution < 1.29 is 23.6 Å². The molecule has 1 unspecified atom stereocenters. The Kier molecular flexibility index (Phi) is 5.28. The number of halogens is 1. The first-order chi connectivity index (χ1) is 13.2. The number of urea groups is 1. The standard InChI is InChI=1S/C19H18FN3O4S/c1-11(24)21-9-12-7-8-16(28-12)15(25)10-23-17(26)19(2,22-18(23)27)13-5-3-4-6-14(13)20/h3-8H,9-10H2,1-2H3,(H,21,24)(H,22,27). The third kappa shape index (κ3) is 3.65. The van der Waals surface area contributed by atoms with Gasteiger partial charge in [0.2, 0.25) is 5.91 Å². The Hall–Kier alpha value is -3.07. The van der Waals surface area contributed by atoms with Crippen LogP contribution in [-0.2, 0) is 21.7 Å². The van der Waals surface area contributed by atoms with Crippen molar-refractivity contribution in [3.63, 3.8) is 0 Å². The Bertz CT molecular complexity index is 974. The number of nitrogens with zero attached hydrogens (tertiary/aromatic N) is 1. The van der Waals surface area contributed by atoms with E-state index in [2.05, 4.69) is 10.6 Å². The highest BCUT2D eigenvalue weighted by molar-refractivity contribution is 7.14. The molecule has 0 saturated carbocycles. The molecular formula is C19H18FN3O4S. The normalized spacial score (nSPS) is 18.9. The minimum Gasteiger partial charge on any atom is -0.351 e. The van der Waals surface area contributed by atoms with Crippen LogP contribution in [0.3, 0.4) is 0 Å². The quantitative estimate of drug-likeness (QED) is 0.571. The second-order valence-corrected chi connectivity index (χ2v) is 7.69. The third-order valence-electron chi connectivity index (χ3n) is 4.44. The molecule has 1 aromatic carbocycles. The minimum atomic E-state index is -1.57. The van der Waals surface area contributed by atoms with Gasteiger partial charge in [0.1, 0.15) is 11.4 Å². The molecule has 0 radical (unpaired) electrons. The van der Waals surface area contributed by atoms with E-state index in [-0.39, 0.29) is 11.5 Å². The van der Waals surface area contributed by atoms with E-state index in [1.165, 1.54) is 43.4 Å². The van der Waals surface area contributed by atoms with Gasteiger partial charge in [0.15, 0.2) is 5.78 Å². The Labute approximate surface area is 164 Å². The summed E-state index contributed by atoms with van der Waals surface area (Å²) in [5.41, 5.74) is -1.54. The summed E-state index contributed by atoms with van der Waals surface area (Å²) in [7, 11) is 0. The van der Waals surface area contributed by atoms with Crippen molar-refractivity contribution >= 4 is 35.0 Å². The molecule has 7 nitrogen and oxygen atoms in total. The van der Waals surface area contributed by atoms with Gasteiger partial charge >= 0.3 is 6.03 Å². The number of hydrogen-bond donors (Lipinski definition) is 2. The van der Waals surface area contributed by atoms with E-state index in [9.17, 15) is 23.6 Å². The van der Waals surface area contributed by atoms with Crippen LogP contribution in [0.1, 0.15) is 34.0 Å². The largest absolute Gasteiger partial charge is 0.351 e. The highest BCUT2D eigenvalue weighted by Gasteiger charge is 2.50. The first kappa shape index (κ1) is 19.7. The van der Waals surface area contributed by atoms with Crippen molar-refractivity contribution in [1.82, 2.24) is 15.5 Å². The van der Waals surface area contributed by atoms with Crippen LogP contribution < -0.4 is 10.6 Å². The zero-order chi connectivity index (χ0) is 20.5. The molecule has 1 aromatic heterocycles. The minimum absolute atomic E-state index is 0.0389. The number of Topliss-reactive ketones (excluding diaryl/α,β-unsaturated/α-hetero) is 1. The van der Waals surface area contributed by atoms with Gasteiger partial charge in [-0.15, -0.1) is 11.3 Å². The monoisotopic (exact) mass is 403 g/mol. The molecule has 1 atom stereocenters. The number of amides is 4. The topological polar surface area (TPSA) is 95.6 Å². The smallest absolute Gasteiger partial charge is 0.325 e. The highest BCUT2D eigenvalue weighted by Crippen LogP contribution is 2.31. The molecule has 1 fully saturated rings. The fourth-order valence-corrected chi connectivity index (χ4v) is 3.82. The van der Waals surface area contributed by atoms with Crippen LogP contribution >= 0.6 is 11.3 Å². The number of imide groups is 1. The van der Waals surface area contributed by atoms with Crippen LogP contribution in [0, 0.1) is 5.82 Å². The molecule has 1 aliphatic heterocycles. The second kappa shape index (κ2) is 7.51. The predicted octanol–water partition coefficient (Wildman–Crippen LogP) is 2.17. The van der Waals surface area contributed by atoms with Crippen LogP contribution in [0.25, 0.3) is 0 Å². The molecule has 0 aliphatic carbocycles. The van der Waals surface area contributed by atoms with Crippen molar-refractivity contribution in [2.45, 2.75) is 25.9 Å². The fourth-order valence-electron chi connectivity index (χ4n) is 2.95. The van der Waals surface area contributed by atoms with Gasteiger partial charge in [-0.2, -0.15) is 0 Å². The van der Waals surface area contributed by atoms with E-state index in [4.69, 9.17) is 0 Å². The van der Waals surface area contributed by atoms with E-state index in [0.29, 0.717) is 11.4 Å². The van der Waals surface area contributed by atoms with Gasteiger partial charge in [-0.1, -0.05) is 18.2 Å². The van der Waals surface area contributed by atoms with E-state index in [1.807, 2.05) is 0 Å². The summed E-state index contributed by atoms with van der Waals surface area (Å²) < 4.78 is 14.2. The van der Waals surface area contributed by atoms with Crippen LogP contribution in [0.5, 0.6) is 0 Å². The molecule has 2 N–H and O–H groups in total. The predicted molar refractivity (Wildman–Crippen MR) is 100 cm³/mol. The first-order valence-corrected chi connectivity index (χ1v) is 9.29. The lowest BCUT2D eigenvalue weighted by Crippen LogP contribution is -2.42. The van der Waals surface area contributed by atoms with Crippen LogP contribution in [-0.4, -0.2) is 35.1 Å². The summed E-state index contributed by atoms with van der Waals surface area (Å²) in [5, 5.41) is 5.11. The Morgan fingerprint density at radius 2 is 1.93 bits per heavy atom. The zero-order valence-electron chi connectivity index (χ0n) is 15.2. The molecule has 2 aromatic rings. The molecule has 0 spiro atoms. The van der Waals surface area contributed by atoms with Crippen molar-refractivity contribution in [2.24, 2.45) is 0 Å². The van der Waals surface area contributed by atoms with Crippen LogP contribution in [0.15, 0.2) is 36.4 Å². The van der Waals surface area contributed by atoms with Crippen molar-refractivity contribution in [2.75, 3.05) is 6.54 Å². The maximum absolute atomic E-state index is 14.2. The zero-order valence-corrected chi connectivity index (χ0v) is 16.1. The van der Waals surface area contributed by atoms with Crippen molar-refractivity contribution in [3.8, 4) is 0 Å². The summed E-state index contributed by atoms with van der Waals surface area (Å²) in [4.78, 5) is 50.6. The number of nitrogens with one attached hydrogen (secondary N) is 2. The number of ketones is 1. The molecule has 1 saturated heterocycles. The number of hydrogen-bond acceptors (Lipinski definition) is 5. The number of carbonyl (C=O) groups excluding carboxylic acids is 4. The van der Waals surface area contributed by atoms with Gasteiger partial charge in [-0.25, -0.2) is 9.18 Å². The van der Waals surface area contributed by atoms with E-state index in [0.717, 1.165) is 9.78 Å². The number of rotatable bonds is 6. The van der Waals surface area contributed by atoms with Gasteiger partial charge in [-0.3, -0.25) is 19.3 Å². The van der Waals surface area contributed by atoms with Gasteiger partial charge in [0, 0.05) is 17.4 Å². The lowest BCUT2D eigenvalue weighted by Gasteiger charge is -2.22. The third-order valence-corrected chi connectivity index (χ3v) is 5.56. The van der Waals surface area contributed by atoms with Gasteiger partial charge in [0.05, 0.1) is 18.0 Å². The molecule has 146 valence electrons. The summed E-state index contributed by atoms with van der Waals surface area (Å²) in [6.07, 6.45) is 0. The molecule has 0 bridgehead atoms. The average Bonchev–Trinajstić information content (AvgIpc) is 3.20.